The first-order chi connectivity index (χ1) is 12.7. The number of hydrogen-bond donors (Lipinski definition) is 2. The number of furan rings is 1. The van der Waals surface area contributed by atoms with E-state index in [-0.39, 0.29) is 12.3 Å². The van der Waals surface area contributed by atoms with Crippen LogP contribution in [0.15, 0.2) is 71.6 Å². The van der Waals surface area contributed by atoms with Crippen molar-refractivity contribution in [1.82, 2.24) is 15.8 Å². The molecule has 0 aliphatic heterocycles. The van der Waals surface area contributed by atoms with Gasteiger partial charge in [0.15, 0.2) is 0 Å². The smallest absolute Gasteiger partial charge is 0.271 e. The lowest BCUT2D eigenvalue weighted by atomic mass is 10.0. The number of nitrogens with zero attached hydrogens (tertiary/aromatic N) is 1. The lowest BCUT2D eigenvalue weighted by Gasteiger charge is -2.07. The number of carbonyl (C=O) groups is 2. The average molecular weight is 345 g/mol. The third-order valence-electron chi connectivity index (χ3n) is 4.13. The van der Waals surface area contributed by atoms with E-state index in [1.54, 1.807) is 24.6 Å². The molecular weight excluding hydrogens is 330 g/mol. The number of benzene rings is 2. The molecular formula is C20H15N3O3. The van der Waals surface area contributed by atoms with Gasteiger partial charge in [-0.05, 0) is 29.0 Å². The maximum absolute atomic E-state index is 12.2. The summed E-state index contributed by atoms with van der Waals surface area (Å²) in [7, 11) is 0. The zero-order valence-electron chi connectivity index (χ0n) is 13.7. The molecule has 0 fully saturated rings. The van der Waals surface area contributed by atoms with Gasteiger partial charge >= 0.3 is 0 Å². The predicted octanol–water partition coefficient (Wildman–Crippen LogP) is 2.98. The van der Waals surface area contributed by atoms with Crippen molar-refractivity contribution in [3.05, 3.63) is 78.3 Å². The number of pyridine rings is 1. The van der Waals surface area contributed by atoms with E-state index < -0.39 is 5.91 Å². The molecule has 6 nitrogen and oxygen atoms in total. The SMILES string of the molecule is O=C(Cc1coc2ccc3ccccc3c12)NNC(=O)c1cccnc1. The van der Waals surface area contributed by atoms with Gasteiger partial charge in [0.1, 0.15) is 5.58 Å². The summed E-state index contributed by atoms with van der Waals surface area (Å²) in [6.07, 6.45) is 4.68. The minimum Gasteiger partial charge on any atom is -0.464 e. The van der Waals surface area contributed by atoms with Crippen LogP contribution in [0.2, 0.25) is 0 Å². The molecule has 4 aromatic rings. The first-order valence-corrected chi connectivity index (χ1v) is 8.09. The summed E-state index contributed by atoms with van der Waals surface area (Å²) in [5.41, 5.74) is 6.68. The molecule has 2 heterocycles. The third-order valence-corrected chi connectivity index (χ3v) is 4.13. The van der Waals surface area contributed by atoms with Gasteiger partial charge in [-0.2, -0.15) is 0 Å². The van der Waals surface area contributed by atoms with Gasteiger partial charge in [-0.3, -0.25) is 25.4 Å². The molecule has 0 atom stereocenters. The summed E-state index contributed by atoms with van der Waals surface area (Å²) in [5.74, 6) is -0.758. The zero-order chi connectivity index (χ0) is 17.9. The van der Waals surface area contributed by atoms with E-state index in [1.165, 1.54) is 6.20 Å². The Morgan fingerprint density at radius 2 is 1.88 bits per heavy atom. The Balaban J connectivity index is 1.51. The number of fused-ring (bicyclic) bond motifs is 3. The van der Waals surface area contributed by atoms with E-state index in [9.17, 15) is 9.59 Å². The number of nitrogens with one attached hydrogen (secondary N) is 2. The maximum atomic E-state index is 12.2. The monoisotopic (exact) mass is 345 g/mol. The fraction of sp³-hybridized carbons (Fsp3) is 0.0500. The Hall–Kier alpha value is -3.67. The minimum atomic E-state index is -0.422. The molecule has 0 saturated heterocycles. The molecule has 2 amide bonds. The maximum Gasteiger partial charge on any atom is 0.271 e. The fourth-order valence-electron chi connectivity index (χ4n) is 2.92. The van der Waals surface area contributed by atoms with Crippen LogP contribution in [0.5, 0.6) is 0 Å². The van der Waals surface area contributed by atoms with Gasteiger partial charge in [0.05, 0.1) is 18.2 Å². The van der Waals surface area contributed by atoms with Crippen LogP contribution in [0.25, 0.3) is 21.7 Å². The van der Waals surface area contributed by atoms with Crippen LogP contribution >= 0.6 is 0 Å². The molecule has 128 valence electrons. The number of amides is 2. The predicted molar refractivity (Wildman–Crippen MR) is 97.3 cm³/mol. The molecule has 0 bridgehead atoms. The molecule has 0 saturated carbocycles. The second-order valence-corrected chi connectivity index (χ2v) is 5.84. The van der Waals surface area contributed by atoms with Crippen molar-refractivity contribution in [2.45, 2.75) is 6.42 Å². The van der Waals surface area contributed by atoms with Crippen LogP contribution in [0.4, 0.5) is 0 Å². The Morgan fingerprint density at radius 1 is 1.00 bits per heavy atom. The number of hydrazine groups is 1. The summed E-state index contributed by atoms with van der Waals surface area (Å²) in [5, 5.41) is 3.02. The van der Waals surface area contributed by atoms with Crippen molar-refractivity contribution in [3.8, 4) is 0 Å². The van der Waals surface area contributed by atoms with E-state index in [2.05, 4.69) is 15.8 Å². The van der Waals surface area contributed by atoms with Gasteiger partial charge < -0.3 is 4.42 Å². The molecule has 0 unspecified atom stereocenters. The Morgan fingerprint density at radius 3 is 2.73 bits per heavy atom. The van der Waals surface area contributed by atoms with Crippen molar-refractivity contribution >= 4 is 33.6 Å². The zero-order valence-corrected chi connectivity index (χ0v) is 13.7. The van der Waals surface area contributed by atoms with E-state index in [4.69, 9.17) is 4.42 Å². The first kappa shape index (κ1) is 15.8. The van der Waals surface area contributed by atoms with Gasteiger partial charge in [-0.15, -0.1) is 0 Å². The first-order valence-electron chi connectivity index (χ1n) is 8.09. The lowest BCUT2D eigenvalue weighted by molar-refractivity contribution is -0.121. The largest absolute Gasteiger partial charge is 0.464 e. The van der Waals surface area contributed by atoms with Crippen LogP contribution in [0.3, 0.4) is 0 Å². The van der Waals surface area contributed by atoms with Crippen LogP contribution in [0.1, 0.15) is 15.9 Å². The molecule has 0 radical (unpaired) electrons. The molecule has 0 aliphatic carbocycles. The van der Waals surface area contributed by atoms with Gasteiger partial charge in [0, 0.05) is 23.3 Å². The van der Waals surface area contributed by atoms with Crippen molar-refractivity contribution < 1.29 is 14.0 Å². The van der Waals surface area contributed by atoms with Gasteiger partial charge in [-0.25, -0.2) is 0 Å². The summed E-state index contributed by atoms with van der Waals surface area (Å²) < 4.78 is 5.58. The van der Waals surface area contributed by atoms with E-state index >= 15 is 0 Å². The molecule has 0 aliphatic rings. The molecule has 6 heteroatoms. The highest BCUT2D eigenvalue weighted by molar-refractivity contribution is 6.08. The van der Waals surface area contributed by atoms with Crippen LogP contribution in [0, 0.1) is 0 Å². The van der Waals surface area contributed by atoms with Crippen molar-refractivity contribution in [3.63, 3.8) is 0 Å². The number of carbonyl (C=O) groups excluding carboxylic acids is 2. The quantitative estimate of drug-likeness (QED) is 0.559. The third kappa shape index (κ3) is 3.00. The van der Waals surface area contributed by atoms with Crippen LogP contribution < -0.4 is 10.9 Å². The summed E-state index contributed by atoms with van der Waals surface area (Å²) in [6.45, 7) is 0. The van der Waals surface area contributed by atoms with Crippen molar-refractivity contribution in [2.24, 2.45) is 0 Å². The Kier molecular flexibility index (Phi) is 4.07. The highest BCUT2D eigenvalue weighted by atomic mass is 16.3. The molecule has 4 rings (SSSR count). The van der Waals surface area contributed by atoms with E-state index in [0.29, 0.717) is 5.56 Å². The highest BCUT2D eigenvalue weighted by Gasteiger charge is 2.14. The Bertz CT molecular complexity index is 1100. The highest BCUT2D eigenvalue weighted by Crippen LogP contribution is 2.29. The minimum absolute atomic E-state index is 0.0916. The van der Waals surface area contributed by atoms with Gasteiger partial charge in [-0.1, -0.05) is 30.3 Å². The normalized spacial score (nSPS) is 10.8. The number of rotatable bonds is 3. The Labute approximate surface area is 148 Å². The summed E-state index contributed by atoms with van der Waals surface area (Å²) in [6, 6.07) is 15.1. The standard InChI is InChI=1S/C20H15N3O3/c24-18(22-23-20(25)14-5-3-9-21-11-14)10-15-12-26-17-8-7-13-4-1-2-6-16(13)19(15)17/h1-9,11-12H,10H2,(H,22,24)(H,23,25). The second-order valence-electron chi connectivity index (χ2n) is 5.84. The molecule has 0 spiro atoms. The molecule has 2 aromatic heterocycles. The lowest BCUT2D eigenvalue weighted by Crippen LogP contribution is -2.42. The number of hydrogen-bond acceptors (Lipinski definition) is 4. The van der Waals surface area contributed by atoms with Crippen LogP contribution in [-0.4, -0.2) is 16.8 Å². The second kappa shape index (κ2) is 6.68. The van der Waals surface area contributed by atoms with Crippen molar-refractivity contribution in [2.75, 3.05) is 0 Å². The summed E-state index contributed by atoms with van der Waals surface area (Å²) >= 11 is 0. The van der Waals surface area contributed by atoms with Gasteiger partial charge in [0.25, 0.3) is 5.91 Å². The van der Waals surface area contributed by atoms with Crippen molar-refractivity contribution in [1.29, 1.82) is 0 Å². The summed E-state index contributed by atoms with van der Waals surface area (Å²) in [4.78, 5) is 28.1. The fourth-order valence-corrected chi connectivity index (χ4v) is 2.92. The van der Waals surface area contributed by atoms with E-state index in [0.717, 1.165) is 27.3 Å². The number of aromatic nitrogens is 1. The average Bonchev–Trinajstić information content (AvgIpc) is 3.10. The topological polar surface area (TPSA) is 84.2 Å². The van der Waals surface area contributed by atoms with E-state index in [1.807, 2.05) is 36.4 Å². The molecule has 2 N–H and O–H groups in total. The van der Waals surface area contributed by atoms with Gasteiger partial charge in [0.2, 0.25) is 5.91 Å². The molecule has 2 aromatic carbocycles. The molecule has 26 heavy (non-hydrogen) atoms. The van der Waals surface area contributed by atoms with Crippen LogP contribution in [-0.2, 0) is 11.2 Å².